The molecule has 1 amide bonds. The summed E-state index contributed by atoms with van der Waals surface area (Å²) in [5.74, 6) is 0.881. The Kier molecular flexibility index (Phi) is 3.68. The molecule has 0 aliphatic carbocycles. The second-order valence-electron chi connectivity index (χ2n) is 6.65. The van der Waals surface area contributed by atoms with Crippen LogP contribution in [0.25, 0.3) is 0 Å². The first-order valence-corrected chi connectivity index (χ1v) is 8.53. The maximum absolute atomic E-state index is 13.3. The highest BCUT2D eigenvalue weighted by Gasteiger charge is 2.41. The SMILES string of the molecule is Cc1nn(C)c(C)c1[C@H]1OCC[C@@H]1C(=O)N1CCCn2nccc21. The highest BCUT2D eigenvalue weighted by Crippen LogP contribution is 2.39. The molecule has 2 aliphatic heterocycles. The van der Waals surface area contributed by atoms with E-state index in [4.69, 9.17) is 4.74 Å². The van der Waals surface area contributed by atoms with E-state index in [0.29, 0.717) is 6.61 Å². The first-order valence-electron chi connectivity index (χ1n) is 8.53. The van der Waals surface area contributed by atoms with Crippen LogP contribution in [0.1, 0.15) is 35.9 Å². The number of aryl methyl sites for hydroxylation is 3. The minimum atomic E-state index is -0.204. The van der Waals surface area contributed by atoms with Gasteiger partial charge in [0.05, 0.1) is 23.9 Å². The van der Waals surface area contributed by atoms with Crippen LogP contribution in [0, 0.1) is 19.8 Å². The molecule has 0 saturated carbocycles. The van der Waals surface area contributed by atoms with Crippen LogP contribution < -0.4 is 4.90 Å². The van der Waals surface area contributed by atoms with Crippen molar-refractivity contribution in [2.75, 3.05) is 18.1 Å². The molecule has 0 bridgehead atoms. The molecule has 7 heteroatoms. The second kappa shape index (κ2) is 5.73. The summed E-state index contributed by atoms with van der Waals surface area (Å²) in [6.45, 7) is 6.26. The predicted octanol–water partition coefficient (Wildman–Crippen LogP) is 1.75. The highest BCUT2D eigenvalue weighted by molar-refractivity contribution is 5.95. The van der Waals surface area contributed by atoms with Crippen molar-refractivity contribution in [3.8, 4) is 0 Å². The standard InChI is InChI=1S/C17H23N5O2/c1-11-15(12(2)20(3)19-11)16-13(6-10-24-16)17(23)21-8-4-9-22-14(21)5-7-18-22/h5,7,13,16H,4,6,8-10H2,1-3H3/t13-,16-/m0/s1. The lowest BCUT2D eigenvalue weighted by atomic mass is 9.92. The number of carbonyl (C=O) groups excluding carboxylic acids is 1. The molecule has 0 unspecified atom stereocenters. The Labute approximate surface area is 141 Å². The van der Waals surface area contributed by atoms with E-state index >= 15 is 0 Å². The molecule has 2 aromatic heterocycles. The van der Waals surface area contributed by atoms with Crippen molar-refractivity contribution in [1.29, 1.82) is 0 Å². The third kappa shape index (κ3) is 2.26. The molecule has 4 heterocycles. The van der Waals surface area contributed by atoms with E-state index < -0.39 is 0 Å². The van der Waals surface area contributed by atoms with Gasteiger partial charge in [-0.2, -0.15) is 10.2 Å². The van der Waals surface area contributed by atoms with Gasteiger partial charge in [0.15, 0.2) is 0 Å². The van der Waals surface area contributed by atoms with Crippen LogP contribution in [0.2, 0.25) is 0 Å². The fourth-order valence-electron chi connectivity index (χ4n) is 3.97. The monoisotopic (exact) mass is 329 g/mol. The largest absolute Gasteiger partial charge is 0.373 e. The molecule has 1 fully saturated rings. The van der Waals surface area contributed by atoms with Gasteiger partial charge in [-0.15, -0.1) is 0 Å². The van der Waals surface area contributed by atoms with Gasteiger partial charge in [0, 0.05) is 44.1 Å². The van der Waals surface area contributed by atoms with Crippen LogP contribution in [-0.4, -0.2) is 38.6 Å². The predicted molar refractivity (Wildman–Crippen MR) is 88.7 cm³/mol. The van der Waals surface area contributed by atoms with Crippen molar-refractivity contribution in [2.24, 2.45) is 13.0 Å². The van der Waals surface area contributed by atoms with Crippen LogP contribution in [-0.2, 0) is 23.1 Å². The van der Waals surface area contributed by atoms with E-state index in [2.05, 4.69) is 10.2 Å². The Balaban J connectivity index is 1.65. The third-order valence-corrected chi connectivity index (χ3v) is 5.25. The van der Waals surface area contributed by atoms with Crippen molar-refractivity contribution in [3.63, 3.8) is 0 Å². The first kappa shape index (κ1) is 15.4. The molecular formula is C17H23N5O2. The zero-order chi connectivity index (χ0) is 16.8. The van der Waals surface area contributed by atoms with Crippen molar-refractivity contribution in [3.05, 3.63) is 29.2 Å². The lowest BCUT2D eigenvalue weighted by Gasteiger charge is -2.31. The lowest BCUT2D eigenvalue weighted by molar-refractivity contribution is -0.124. The Hall–Kier alpha value is -2.15. The second-order valence-corrected chi connectivity index (χ2v) is 6.65. The van der Waals surface area contributed by atoms with Crippen LogP contribution in [0.15, 0.2) is 12.3 Å². The summed E-state index contributed by atoms with van der Waals surface area (Å²) >= 11 is 0. The molecule has 0 aromatic carbocycles. The molecule has 0 radical (unpaired) electrons. The zero-order valence-electron chi connectivity index (χ0n) is 14.4. The summed E-state index contributed by atoms with van der Waals surface area (Å²) in [5.41, 5.74) is 3.09. The number of nitrogens with zero attached hydrogens (tertiary/aromatic N) is 5. The van der Waals surface area contributed by atoms with Gasteiger partial charge in [-0.05, 0) is 26.7 Å². The Morgan fingerprint density at radius 2 is 2.17 bits per heavy atom. The fourth-order valence-corrected chi connectivity index (χ4v) is 3.97. The molecule has 4 rings (SSSR count). The lowest BCUT2D eigenvalue weighted by Crippen LogP contribution is -2.42. The summed E-state index contributed by atoms with van der Waals surface area (Å²) in [7, 11) is 1.93. The molecule has 1 saturated heterocycles. The highest BCUT2D eigenvalue weighted by atomic mass is 16.5. The van der Waals surface area contributed by atoms with Gasteiger partial charge in [-0.1, -0.05) is 0 Å². The molecule has 2 aromatic rings. The average molecular weight is 329 g/mol. The molecule has 2 aliphatic rings. The number of carbonyl (C=O) groups is 1. The molecule has 128 valence electrons. The molecular weight excluding hydrogens is 306 g/mol. The van der Waals surface area contributed by atoms with Crippen LogP contribution in [0.3, 0.4) is 0 Å². The Morgan fingerprint density at radius 3 is 2.92 bits per heavy atom. The van der Waals surface area contributed by atoms with Gasteiger partial charge >= 0.3 is 0 Å². The normalized spacial score (nSPS) is 23.5. The van der Waals surface area contributed by atoms with E-state index in [9.17, 15) is 4.79 Å². The van der Waals surface area contributed by atoms with E-state index in [0.717, 1.165) is 48.7 Å². The number of ether oxygens (including phenoxy) is 1. The van der Waals surface area contributed by atoms with Crippen LogP contribution >= 0.6 is 0 Å². The first-order chi connectivity index (χ1) is 11.6. The molecule has 0 N–H and O–H groups in total. The minimum Gasteiger partial charge on any atom is -0.373 e. The topological polar surface area (TPSA) is 65.2 Å². The Bertz CT molecular complexity index is 778. The average Bonchev–Trinajstić information content (AvgIpc) is 3.26. The summed E-state index contributed by atoms with van der Waals surface area (Å²) in [5, 5.41) is 8.79. The number of aromatic nitrogens is 4. The number of anilines is 1. The summed E-state index contributed by atoms with van der Waals surface area (Å²) in [6, 6.07) is 1.92. The van der Waals surface area contributed by atoms with E-state index in [1.807, 2.05) is 41.2 Å². The number of hydrogen-bond acceptors (Lipinski definition) is 4. The zero-order valence-corrected chi connectivity index (χ0v) is 14.4. The van der Waals surface area contributed by atoms with Gasteiger partial charge < -0.3 is 4.74 Å². The molecule has 2 atom stereocenters. The van der Waals surface area contributed by atoms with Gasteiger partial charge in [0.2, 0.25) is 5.91 Å². The molecule has 7 nitrogen and oxygen atoms in total. The van der Waals surface area contributed by atoms with E-state index in [1.165, 1.54) is 0 Å². The van der Waals surface area contributed by atoms with Crippen molar-refractivity contribution >= 4 is 11.7 Å². The van der Waals surface area contributed by atoms with Crippen molar-refractivity contribution in [1.82, 2.24) is 19.6 Å². The maximum atomic E-state index is 13.3. The van der Waals surface area contributed by atoms with Crippen molar-refractivity contribution in [2.45, 2.75) is 39.3 Å². The minimum absolute atomic E-state index is 0.140. The van der Waals surface area contributed by atoms with Gasteiger partial charge in [0.25, 0.3) is 0 Å². The molecule has 24 heavy (non-hydrogen) atoms. The number of hydrogen-bond donors (Lipinski definition) is 0. The summed E-state index contributed by atoms with van der Waals surface area (Å²) in [4.78, 5) is 15.1. The van der Waals surface area contributed by atoms with Crippen molar-refractivity contribution < 1.29 is 9.53 Å². The molecule has 0 spiro atoms. The number of amides is 1. The van der Waals surface area contributed by atoms with Gasteiger partial charge in [0.1, 0.15) is 5.82 Å². The number of rotatable bonds is 2. The summed E-state index contributed by atoms with van der Waals surface area (Å²) < 4.78 is 9.76. The fraction of sp³-hybridized carbons (Fsp3) is 0.588. The maximum Gasteiger partial charge on any atom is 0.234 e. The quantitative estimate of drug-likeness (QED) is 0.842. The van der Waals surface area contributed by atoms with Gasteiger partial charge in [-0.3, -0.25) is 14.4 Å². The third-order valence-electron chi connectivity index (χ3n) is 5.25. The van der Waals surface area contributed by atoms with E-state index in [1.54, 1.807) is 6.20 Å². The smallest absolute Gasteiger partial charge is 0.234 e. The van der Waals surface area contributed by atoms with Crippen LogP contribution in [0.4, 0.5) is 5.82 Å². The van der Waals surface area contributed by atoms with E-state index in [-0.39, 0.29) is 17.9 Å². The number of fused-ring (bicyclic) bond motifs is 1. The summed E-state index contributed by atoms with van der Waals surface area (Å²) in [6.07, 6.45) is 3.24. The Morgan fingerprint density at radius 1 is 1.33 bits per heavy atom. The van der Waals surface area contributed by atoms with Gasteiger partial charge in [-0.25, -0.2) is 4.68 Å². The van der Waals surface area contributed by atoms with Crippen LogP contribution in [0.5, 0.6) is 0 Å².